The monoisotopic (exact) mass is 271 g/mol. The van der Waals surface area contributed by atoms with Crippen molar-refractivity contribution < 1.29 is 4.92 Å². The molecule has 0 aliphatic heterocycles. The SMILES string of the molecule is Cc1ccc(CN[C@H](C)c2cccnc2)cc1[N+](=O)[O-]. The van der Waals surface area contributed by atoms with Gasteiger partial charge in [0.15, 0.2) is 0 Å². The molecule has 0 unspecified atom stereocenters. The third-order valence-corrected chi connectivity index (χ3v) is 3.27. The standard InChI is InChI=1S/C15H17N3O2/c1-11-5-6-13(8-15(11)18(19)20)9-17-12(2)14-4-3-7-16-10-14/h3-8,10,12,17H,9H2,1-2H3/t12-/m1/s1. The van der Waals surface area contributed by atoms with Crippen LogP contribution in [0.5, 0.6) is 0 Å². The highest BCUT2D eigenvalue weighted by Gasteiger charge is 2.11. The molecular formula is C15H17N3O2. The van der Waals surface area contributed by atoms with Crippen molar-refractivity contribution in [1.82, 2.24) is 10.3 Å². The summed E-state index contributed by atoms with van der Waals surface area (Å²) in [6, 6.07) is 9.35. The number of nitro benzene ring substituents is 1. The van der Waals surface area contributed by atoms with Gasteiger partial charge in [0.05, 0.1) is 4.92 Å². The molecule has 5 nitrogen and oxygen atoms in total. The zero-order valence-corrected chi connectivity index (χ0v) is 11.5. The van der Waals surface area contributed by atoms with E-state index in [1.54, 1.807) is 25.3 Å². The molecule has 1 N–H and O–H groups in total. The van der Waals surface area contributed by atoms with Gasteiger partial charge in [-0.3, -0.25) is 15.1 Å². The maximum absolute atomic E-state index is 10.9. The van der Waals surface area contributed by atoms with Gasteiger partial charge in [-0.15, -0.1) is 0 Å². The fourth-order valence-corrected chi connectivity index (χ4v) is 1.98. The van der Waals surface area contributed by atoms with E-state index in [0.717, 1.165) is 11.1 Å². The number of nitro groups is 1. The predicted molar refractivity (Wildman–Crippen MR) is 77.3 cm³/mol. The largest absolute Gasteiger partial charge is 0.306 e. The molecule has 20 heavy (non-hydrogen) atoms. The Bertz CT molecular complexity index is 599. The second-order valence-electron chi connectivity index (χ2n) is 4.77. The summed E-state index contributed by atoms with van der Waals surface area (Å²) >= 11 is 0. The van der Waals surface area contributed by atoms with Crippen molar-refractivity contribution in [1.29, 1.82) is 0 Å². The summed E-state index contributed by atoms with van der Waals surface area (Å²) in [5.74, 6) is 0. The van der Waals surface area contributed by atoms with E-state index in [1.807, 2.05) is 31.3 Å². The number of hydrogen-bond donors (Lipinski definition) is 1. The molecule has 2 aromatic rings. The summed E-state index contributed by atoms with van der Waals surface area (Å²) in [5.41, 5.74) is 2.84. The molecule has 0 radical (unpaired) electrons. The lowest BCUT2D eigenvalue weighted by Gasteiger charge is -2.13. The van der Waals surface area contributed by atoms with Crippen LogP contribution >= 0.6 is 0 Å². The molecular weight excluding hydrogens is 254 g/mol. The zero-order chi connectivity index (χ0) is 14.5. The molecule has 0 spiro atoms. The zero-order valence-electron chi connectivity index (χ0n) is 11.5. The molecule has 0 aliphatic carbocycles. The van der Waals surface area contributed by atoms with E-state index in [0.29, 0.717) is 12.1 Å². The lowest BCUT2D eigenvalue weighted by Crippen LogP contribution is -2.18. The third-order valence-electron chi connectivity index (χ3n) is 3.27. The van der Waals surface area contributed by atoms with Crippen molar-refractivity contribution in [3.05, 3.63) is 69.5 Å². The van der Waals surface area contributed by atoms with Crippen molar-refractivity contribution >= 4 is 5.69 Å². The van der Waals surface area contributed by atoms with Crippen LogP contribution in [0.2, 0.25) is 0 Å². The lowest BCUT2D eigenvalue weighted by molar-refractivity contribution is -0.385. The van der Waals surface area contributed by atoms with Crippen LogP contribution in [0.1, 0.15) is 29.7 Å². The first kappa shape index (κ1) is 14.1. The first-order chi connectivity index (χ1) is 9.58. The molecule has 0 saturated heterocycles. The van der Waals surface area contributed by atoms with Crippen LogP contribution in [-0.4, -0.2) is 9.91 Å². The van der Waals surface area contributed by atoms with Crippen LogP contribution in [0.4, 0.5) is 5.69 Å². The molecule has 1 aromatic heterocycles. The highest BCUT2D eigenvalue weighted by atomic mass is 16.6. The Morgan fingerprint density at radius 2 is 2.20 bits per heavy atom. The smallest absolute Gasteiger partial charge is 0.272 e. The maximum Gasteiger partial charge on any atom is 0.272 e. The van der Waals surface area contributed by atoms with E-state index < -0.39 is 0 Å². The molecule has 104 valence electrons. The summed E-state index contributed by atoms with van der Waals surface area (Å²) in [7, 11) is 0. The molecule has 0 fully saturated rings. The third kappa shape index (κ3) is 3.39. The van der Waals surface area contributed by atoms with Gasteiger partial charge in [-0.2, -0.15) is 0 Å². The summed E-state index contributed by atoms with van der Waals surface area (Å²) < 4.78 is 0. The molecule has 2 rings (SSSR count). The number of aryl methyl sites for hydroxylation is 1. The van der Waals surface area contributed by atoms with Gasteiger partial charge >= 0.3 is 0 Å². The van der Waals surface area contributed by atoms with Gasteiger partial charge in [0.1, 0.15) is 0 Å². The first-order valence-electron chi connectivity index (χ1n) is 6.45. The van der Waals surface area contributed by atoms with Gasteiger partial charge in [-0.25, -0.2) is 0 Å². The summed E-state index contributed by atoms with van der Waals surface area (Å²) in [4.78, 5) is 14.6. The van der Waals surface area contributed by atoms with Crippen LogP contribution in [0.25, 0.3) is 0 Å². The number of rotatable bonds is 5. The van der Waals surface area contributed by atoms with Crippen molar-refractivity contribution in [2.24, 2.45) is 0 Å². The Balaban J connectivity index is 2.04. The molecule has 0 amide bonds. The lowest BCUT2D eigenvalue weighted by atomic mass is 10.1. The van der Waals surface area contributed by atoms with Crippen LogP contribution < -0.4 is 5.32 Å². The summed E-state index contributed by atoms with van der Waals surface area (Å²) in [6.45, 7) is 4.37. The molecule has 0 saturated carbocycles. The Hall–Kier alpha value is -2.27. The molecule has 0 bridgehead atoms. The van der Waals surface area contributed by atoms with Crippen molar-refractivity contribution in [3.8, 4) is 0 Å². The number of pyridine rings is 1. The summed E-state index contributed by atoms with van der Waals surface area (Å²) in [6.07, 6.45) is 3.55. The van der Waals surface area contributed by atoms with E-state index in [4.69, 9.17) is 0 Å². The molecule has 0 aliphatic rings. The second kappa shape index (κ2) is 6.25. The Kier molecular flexibility index (Phi) is 4.42. The average Bonchev–Trinajstić information content (AvgIpc) is 2.46. The highest BCUT2D eigenvalue weighted by Crippen LogP contribution is 2.20. The Labute approximate surface area is 117 Å². The second-order valence-corrected chi connectivity index (χ2v) is 4.77. The van der Waals surface area contributed by atoms with Gasteiger partial charge in [-0.05, 0) is 31.0 Å². The fraction of sp³-hybridized carbons (Fsp3) is 0.267. The van der Waals surface area contributed by atoms with Crippen molar-refractivity contribution in [2.45, 2.75) is 26.4 Å². The molecule has 1 atom stereocenters. The average molecular weight is 271 g/mol. The minimum atomic E-state index is -0.344. The quantitative estimate of drug-likeness (QED) is 0.670. The summed E-state index contributed by atoms with van der Waals surface area (Å²) in [5, 5.41) is 14.2. The van der Waals surface area contributed by atoms with E-state index >= 15 is 0 Å². The van der Waals surface area contributed by atoms with Gasteiger partial charge < -0.3 is 5.32 Å². The topological polar surface area (TPSA) is 68.1 Å². The van der Waals surface area contributed by atoms with Crippen LogP contribution in [0.15, 0.2) is 42.7 Å². The number of aromatic nitrogens is 1. The highest BCUT2D eigenvalue weighted by molar-refractivity contribution is 5.42. The van der Waals surface area contributed by atoms with Crippen LogP contribution in [-0.2, 0) is 6.54 Å². The van der Waals surface area contributed by atoms with Gasteiger partial charge in [0, 0.05) is 36.6 Å². The minimum absolute atomic E-state index is 0.143. The van der Waals surface area contributed by atoms with Crippen molar-refractivity contribution in [3.63, 3.8) is 0 Å². The maximum atomic E-state index is 10.9. The van der Waals surface area contributed by atoms with E-state index in [2.05, 4.69) is 10.3 Å². The normalized spacial score (nSPS) is 12.1. The van der Waals surface area contributed by atoms with Gasteiger partial charge in [0.25, 0.3) is 5.69 Å². The van der Waals surface area contributed by atoms with Crippen LogP contribution in [0.3, 0.4) is 0 Å². The number of nitrogens with one attached hydrogen (secondary N) is 1. The Morgan fingerprint density at radius 3 is 2.85 bits per heavy atom. The molecule has 1 heterocycles. The van der Waals surface area contributed by atoms with E-state index in [-0.39, 0.29) is 16.7 Å². The number of nitrogens with zero attached hydrogens (tertiary/aromatic N) is 2. The van der Waals surface area contributed by atoms with E-state index in [9.17, 15) is 10.1 Å². The molecule has 5 heteroatoms. The number of benzene rings is 1. The Morgan fingerprint density at radius 1 is 1.40 bits per heavy atom. The predicted octanol–water partition coefficient (Wildman–Crippen LogP) is 3.15. The minimum Gasteiger partial charge on any atom is -0.306 e. The van der Waals surface area contributed by atoms with Gasteiger partial charge in [0.2, 0.25) is 0 Å². The van der Waals surface area contributed by atoms with Crippen molar-refractivity contribution in [2.75, 3.05) is 0 Å². The van der Waals surface area contributed by atoms with Crippen LogP contribution in [0, 0.1) is 17.0 Å². The fourth-order valence-electron chi connectivity index (χ4n) is 1.98. The number of hydrogen-bond acceptors (Lipinski definition) is 4. The van der Waals surface area contributed by atoms with E-state index in [1.165, 1.54) is 0 Å². The molecule has 1 aromatic carbocycles. The first-order valence-corrected chi connectivity index (χ1v) is 6.45. The van der Waals surface area contributed by atoms with Gasteiger partial charge in [-0.1, -0.05) is 18.2 Å².